The van der Waals surface area contributed by atoms with Crippen LogP contribution in [0.3, 0.4) is 0 Å². The molecular weight excluding hydrogens is 358 g/mol. The van der Waals surface area contributed by atoms with Crippen LogP contribution in [0.1, 0.15) is 37.3 Å². The van der Waals surface area contributed by atoms with Gasteiger partial charge in [-0.05, 0) is 31.5 Å². The zero-order chi connectivity index (χ0) is 13.1. The molecule has 2 aromatic rings. The van der Waals surface area contributed by atoms with Crippen molar-refractivity contribution in [2.75, 3.05) is 0 Å². The maximum absolute atomic E-state index is 4.26. The first-order valence-corrected chi connectivity index (χ1v) is 7.37. The van der Waals surface area contributed by atoms with E-state index >= 15 is 0 Å². The zero-order valence-electron chi connectivity index (χ0n) is 10.2. The molecule has 0 fully saturated rings. The third-order valence-electron chi connectivity index (χ3n) is 2.86. The lowest BCUT2D eigenvalue weighted by Gasteiger charge is -2.20. The average Bonchev–Trinajstić information content (AvgIpc) is 2.81. The quantitative estimate of drug-likeness (QED) is 0.837. The number of rotatable bonds is 4. The average molecular weight is 373 g/mol. The van der Waals surface area contributed by atoms with Crippen LogP contribution in [0.15, 0.2) is 39.5 Å². The molecule has 1 aromatic heterocycles. The lowest BCUT2D eigenvalue weighted by molar-refractivity contribution is 0.478. The minimum atomic E-state index is 0.186. The first-order chi connectivity index (χ1) is 8.58. The van der Waals surface area contributed by atoms with Gasteiger partial charge in [0.1, 0.15) is 5.82 Å². The molecular formula is C13H15Br2N3. The standard InChI is InChI=1S/C13H15Br2N3/c1-8(11-4-3-10(14)7-12(11)15)18-9(2)13-16-5-6-17-13/h3-9,18H,1-2H3,(H,16,17). The number of nitrogens with one attached hydrogen (secondary N) is 2. The van der Waals surface area contributed by atoms with Crippen LogP contribution in [0.2, 0.25) is 0 Å². The number of H-pyrrole nitrogens is 1. The van der Waals surface area contributed by atoms with Crippen LogP contribution in [0.5, 0.6) is 0 Å². The van der Waals surface area contributed by atoms with Crippen molar-refractivity contribution in [2.45, 2.75) is 25.9 Å². The molecule has 2 N–H and O–H groups in total. The van der Waals surface area contributed by atoms with Crippen LogP contribution in [0.4, 0.5) is 0 Å². The van der Waals surface area contributed by atoms with Crippen LogP contribution >= 0.6 is 31.9 Å². The molecule has 0 saturated carbocycles. The van der Waals surface area contributed by atoms with Crippen molar-refractivity contribution < 1.29 is 0 Å². The van der Waals surface area contributed by atoms with Crippen molar-refractivity contribution in [1.29, 1.82) is 0 Å². The van der Waals surface area contributed by atoms with Gasteiger partial charge in [0, 0.05) is 27.4 Å². The summed E-state index contributed by atoms with van der Waals surface area (Å²) in [4.78, 5) is 7.39. The van der Waals surface area contributed by atoms with Crippen molar-refractivity contribution in [2.24, 2.45) is 0 Å². The van der Waals surface area contributed by atoms with Crippen molar-refractivity contribution in [3.05, 3.63) is 50.9 Å². The summed E-state index contributed by atoms with van der Waals surface area (Å²) < 4.78 is 2.17. The largest absolute Gasteiger partial charge is 0.347 e. The molecule has 0 aliphatic heterocycles. The van der Waals surface area contributed by atoms with Gasteiger partial charge in [-0.25, -0.2) is 4.98 Å². The molecule has 2 rings (SSSR count). The Bertz CT molecular complexity index is 511. The maximum Gasteiger partial charge on any atom is 0.122 e. The Labute approximate surface area is 124 Å². The highest BCUT2D eigenvalue weighted by molar-refractivity contribution is 9.11. The molecule has 0 aliphatic carbocycles. The van der Waals surface area contributed by atoms with Crippen molar-refractivity contribution in [3.63, 3.8) is 0 Å². The molecule has 96 valence electrons. The minimum Gasteiger partial charge on any atom is -0.347 e. The number of aromatic amines is 1. The first kappa shape index (κ1) is 13.8. The van der Waals surface area contributed by atoms with Gasteiger partial charge < -0.3 is 10.3 Å². The zero-order valence-corrected chi connectivity index (χ0v) is 13.4. The topological polar surface area (TPSA) is 40.7 Å². The summed E-state index contributed by atoms with van der Waals surface area (Å²) in [5, 5.41) is 3.52. The summed E-state index contributed by atoms with van der Waals surface area (Å²) in [6.45, 7) is 4.25. The van der Waals surface area contributed by atoms with Crippen LogP contribution < -0.4 is 5.32 Å². The number of hydrogen-bond donors (Lipinski definition) is 2. The van der Waals surface area contributed by atoms with E-state index in [-0.39, 0.29) is 12.1 Å². The van der Waals surface area contributed by atoms with Gasteiger partial charge in [-0.2, -0.15) is 0 Å². The predicted octanol–water partition coefficient (Wildman–Crippen LogP) is 4.35. The van der Waals surface area contributed by atoms with Crippen LogP contribution in [-0.4, -0.2) is 9.97 Å². The first-order valence-electron chi connectivity index (χ1n) is 5.78. The van der Waals surface area contributed by atoms with Crippen molar-refractivity contribution >= 4 is 31.9 Å². The Balaban J connectivity index is 2.10. The van der Waals surface area contributed by atoms with E-state index in [0.29, 0.717) is 0 Å². The molecule has 1 heterocycles. The smallest absolute Gasteiger partial charge is 0.122 e. The molecule has 0 saturated heterocycles. The van der Waals surface area contributed by atoms with Crippen LogP contribution in [-0.2, 0) is 0 Å². The van der Waals surface area contributed by atoms with E-state index < -0.39 is 0 Å². The van der Waals surface area contributed by atoms with E-state index in [9.17, 15) is 0 Å². The number of benzene rings is 1. The number of imidazole rings is 1. The molecule has 0 amide bonds. The van der Waals surface area contributed by atoms with Crippen LogP contribution in [0.25, 0.3) is 0 Å². The fourth-order valence-electron chi connectivity index (χ4n) is 1.91. The van der Waals surface area contributed by atoms with Gasteiger partial charge in [-0.3, -0.25) is 0 Å². The van der Waals surface area contributed by atoms with Gasteiger partial charge in [-0.1, -0.05) is 37.9 Å². The van der Waals surface area contributed by atoms with E-state index in [2.05, 4.69) is 79.2 Å². The molecule has 0 bridgehead atoms. The molecule has 0 aliphatic rings. The fourth-order valence-corrected chi connectivity index (χ4v) is 3.30. The number of hydrogen-bond acceptors (Lipinski definition) is 2. The second-order valence-electron chi connectivity index (χ2n) is 4.25. The molecule has 0 spiro atoms. The van der Waals surface area contributed by atoms with Gasteiger partial charge in [0.15, 0.2) is 0 Å². The number of nitrogens with zero attached hydrogens (tertiary/aromatic N) is 1. The summed E-state index contributed by atoms with van der Waals surface area (Å²) in [5.74, 6) is 0.954. The SMILES string of the molecule is CC(NC(C)c1ccc(Br)cc1Br)c1ncc[nH]1. The highest BCUT2D eigenvalue weighted by atomic mass is 79.9. The normalized spacial score (nSPS) is 14.4. The van der Waals surface area contributed by atoms with Crippen molar-refractivity contribution in [1.82, 2.24) is 15.3 Å². The summed E-state index contributed by atoms with van der Waals surface area (Å²) in [7, 11) is 0. The molecule has 1 aromatic carbocycles. The minimum absolute atomic E-state index is 0.186. The van der Waals surface area contributed by atoms with E-state index in [4.69, 9.17) is 0 Å². The summed E-state index contributed by atoms with van der Waals surface area (Å²) in [6, 6.07) is 6.65. The Morgan fingerprint density at radius 3 is 2.61 bits per heavy atom. The number of aromatic nitrogens is 2. The van der Waals surface area contributed by atoms with E-state index in [0.717, 1.165) is 14.8 Å². The van der Waals surface area contributed by atoms with E-state index in [1.165, 1.54) is 5.56 Å². The third kappa shape index (κ3) is 3.22. The molecule has 18 heavy (non-hydrogen) atoms. The Kier molecular flexibility index (Phi) is 4.59. The lowest BCUT2D eigenvalue weighted by Crippen LogP contribution is -2.23. The molecule has 5 heteroatoms. The molecule has 2 unspecified atom stereocenters. The highest BCUT2D eigenvalue weighted by Gasteiger charge is 2.14. The number of halogens is 2. The van der Waals surface area contributed by atoms with Gasteiger partial charge in [0.2, 0.25) is 0 Å². The highest BCUT2D eigenvalue weighted by Crippen LogP contribution is 2.28. The predicted molar refractivity (Wildman–Crippen MR) is 80.4 cm³/mol. The van der Waals surface area contributed by atoms with E-state index in [1.807, 2.05) is 6.20 Å². The summed E-state index contributed by atoms with van der Waals surface area (Å²) >= 11 is 7.06. The molecule has 0 radical (unpaired) electrons. The van der Waals surface area contributed by atoms with Gasteiger partial charge >= 0.3 is 0 Å². The van der Waals surface area contributed by atoms with E-state index in [1.54, 1.807) is 6.20 Å². The second-order valence-corrected chi connectivity index (χ2v) is 6.02. The Hall–Kier alpha value is -0.650. The fraction of sp³-hybridized carbons (Fsp3) is 0.308. The van der Waals surface area contributed by atoms with Crippen molar-refractivity contribution in [3.8, 4) is 0 Å². The molecule has 3 nitrogen and oxygen atoms in total. The second kappa shape index (κ2) is 5.99. The van der Waals surface area contributed by atoms with Gasteiger partial charge in [-0.15, -0.1) is 0 Å². The molecule has 2 atom stereocenters. The van der Waals surface area contributed by atoms with Gasteiger partial charge in [0.25, 0.3) is 0 Å². The monoisotopic (exact) mass is 371 g/mol. The Morgan fingerprint density at radius 2 is 2.00 bits per heavy atom. The maximum atomic E-state index is 4.26. The van der Waals surface area contributed by atoms with Gasteiger partial charge in [0.05, 0.1) is 6.04 Å². The third-order valence-corrected chi connectivity index (χ3v) is 4.04. The summed E-state index contributed by atoms with van der Waals surface area (Å²) in [6.07, 6.45) is 3.61. The summed E-state index contributed by atoms with van der Waals surface area (Å²) in [5.41, 5.74) is 1.23. The van der Waals surface area contributed by atoms with Crippen LogP contribution in [0, 0.1) is 0 Å². The lowest BCUT2D eigenvalue weighted by atomic mass is 10.1. The Morgan fingerprint density at radius 1 is 1.22 bits per heavy atom.